The first-order valence-electron chi connectivity index (χ1n) is 5.24. The number of aliphatic imine (C=N–C) groups is 2. The van der Waals surface area contributed by atoms with Crippen molar-refractivity contribution in [1.29, 1.82) is 0 Å². The van der Waals surface area contributed by atoms with Gasteiger partial charge in [-0.05, 0) is 20.8 Å². The Morgan fingerprint density at radius 1 is 1.53 bits per heavy atom. The summed E-state index contributed by atoms with van der Waals surface area (Å²) >= 11 is 0. The lowest BCUT2D eigenvalue weighted by Crippen LogP contribution is -2.20. The lowest BCUT2D eigenvalue weighted by atomic mass is 10.3. The molecule has 17 heavy (non-hydrogen) atoms. The molecule has 0 aliphatic carbocycles. The van der Waals surface area contributed by atoms with Crippen molar-refractivity contribution in [2.45, 2.75) is 26.9 Å². The Morgan fingerprint density at radius 3 is 2.76 bits per heavy atom. The summed E-state index contributed by atoms with van der Waals surface area (Å²) in [5.74, 6) is 2.12. The molecule has 0 amide bonds. The number of methoxy groups -OCH3 is 1. The van der Waals surface area contributed by atoms with Crippen molar-refractivity contribution in [3.8, 4) is 0 Å². The summed E-state index contributed by atoms with van der Waals surface area (Å²) in [7, 11) is 1.59. The monoisotopic (exact) mass is 235 g/mol. The zero-order valence-corrected chi connectivity index (χ0v) is 10.5. The molecular formula is C11H17N5O. The van der Waals surface area contributed by atoms with Gasteiger partial charge >= 0.3 is 0 Å². The van der Waals surface area contributed by atoms with Crippen molar-refractivity contribution < 1.29 is 4.74 Å². The molecule has 0 aromatic carbocycles. The standard InChI is InChI=1S/C11H17N5O/c1-7(17-4)11(14-8(2)12)16-10-5-6-13-9(3)15-10/h5-7H,1-4H3,(H2,12,13,14,15,16)/t7-/m0/s1. The van der Waals surface area contributed by atoms with Gasteiger partial charge in [-0.2, -0.15) is 0 Å². The number of ether oxygens (including phenoxy) is 1. The summed E-state index contributed by atoms with van der Waals surface area (Å²) in [6.07, 6.45) is 1.40. The van der Waals surface area contributed by atoms with Crippen LogP contribution in [0.1, 0.15) is 19.7 Å². The summed E-state index contributed by atoms with van der Waals surface area (Å²) in [5, 5.41) is 0. The van der Waals surface area contributed by atoms with Crippen LogP contribution >= 0.6 is 0 Å². The number of aromatic nitrogens is 2. The molecule has 1 atom stereocenters. The van der Waals surface area contributed by atoms with Crippen molar-refractivity contribution in [1.82, 2.24) is 9.97 Å². The second kappa shape index (κ2) is 6.05. The molecule has 1 heterocycles. The number of nitrogens with two attached hydrogens (primary N) is 1. The minimum Gasteiger partial charge on any atom is -0.387 e. The van der Waals surface area contributed by atoms with Gasteiger partial charge in [0.05, 0.1) is 5.84 Å². The Kier molecular flexibility index (Phi) is 4.71. The Balaban J connectivity index is 3.09. The number of aryl methyl sites for hydroxylation is 1. The van der Waals surface area contributed by atoms with E-state index in [1.165, 1.54) is 0 Å². The minimum absolute atomic E-state index is 0.247. The van der Waals surface area contributed by atoms with Crippen LogP contribution in [0, 0.1) is 6.92 Å². The lowest BCUT2D eigenvalue weighted by Gasteiger charge is -2.09. The van der Waals surface area contributed by atoms with E-state index in [0.717, 1.165) is 0 Å². The number of rotatable bonds is 3. The van der Waals surface area contributed by atoms with E-state index in [-0.39, 0.29) is 6.10 Å². The molecule has 0 spiro atoms. The number of amidine groups is 2. The van der Waals surface area contributed by atoms with Crippen LogP contribution in [-0.2, 0) is 4.74 Å². The van der Waals surface area contributed by atoms with Crippen molar-refractivity contribution >= 4 is 17.5 Å². The summed E-state index contributed by atoms with van der Waals surface area (Å²) in [5.41, 5.74) is 5.55. The predicted octanol–water partition coefficient (Wildman–Crippen LogP) is 1.23. The largest absolute Gasteiger partial charge is 0.387 e. The first-order valence-corrected chi connectivity index (χ1v) is 5.24. The van der Waals surface area contributed by atoms with Gasteiger partial charge in [0, 0.05) is 19.4 Å². The van der Waals surface area contributed by atoms with Crippen molar-refractivity contribution in [2.75, 3.05) is 7.11 Å². The van der Waals surface area contributed by atoms with E-state index < -0.39 is 0 Å². The molecule has 2 N–H and O–H groups in total. The Morgan fingerprint density at radius 2 is 2.24 bits per heavy atom. The van der Waals surface area contributed by atoms with Crippen LogP contribution in [0.2, 0.25) is 0 Å². The van der Waals surface area contributed by atoms with E-state index in [0.29, 0.717) is 23.3 Å². The molecule has 0 radical (unpaired) electrons. The zero-order valence-electron chi connectivity index (χ0n) is 10.5. The lowest BCUT2D eigenvalue weighted by molar-refractivity contribution is 0.170. The summed E-state index contributed by atoms with van der Waals surface area (Å²) in [4.78, 5) is 16.6. The molecule has 0 aliphatic heterocycles. The van der Waals surface area contributed by atoms with Gasteiger partial charge in [-0.15, -0.1) is 0 Å². The summed E-state index contributed by atoms with van der Waals surface area (Å²) < 4.78 is 5.18. The van der Waals surface area contributed by atoms with Crippen molar-refractivity contribution in [2.24, 2.45) is 15.7 Å². The van der Waals surface area contributed by atoms with Crippen LogP contribution in [-0.4, -0.2) is 34.9 Å². The molecule has 6 heteroatoms. The van der Waals surface area contributed by atoms with Gasteiger partial charge in [0.15, 0.2) is 11.7 Å². The van der Waals surface area contributed by atoms with Crippen LogP contribution in [0.5, 0.6) is 0 Å². The molecule has 6 nitrogen and oxygen atoms in total. The molecule has 0 aliphatic rings. The highest BCUT2D eigenvalue weighted by molar-refractivity contribution is 5.98. The maximum Gasteiger partial charge on any atom is 0.161 e. The average Bonchev–Trinajstić information content (AvgIpc) is 2.26. The fraction of sp³-hybridized carbons (Fsp3) is 0.455. The Bertz CT molecular complexity index is 437. The smallest absolute Gasteiger partial charge is 0.161 e. The second-order valence-corrected chi connectivity index (χ2v) is 3.56. The normalized spacial score (nSPS) is 14.8. The van der Waals surface area contributed by atoms with Gasteiger partial charge in [-0.25, -0.2) is 20.0 Å². The van der Waals surface area contributed by atoms with Gasteiger partial charge in [0.2, 0.25) is 0 Å². The fourth-order valence-electron chi connectivity index (χ4n) is 1.12. The number of nitrogens with zero attached hydrogens (tertiary/aromatic N) is 4. The second-order valence-electron chi connectivity index (χ2n) is 3.56. The minimum atomic E-state index is -0.247. The van der Waals surface area contributed by atoms with E-state index >= 15 is 0 Å². The highest BCUT2D eigenvalue weighted by Gasteiger charge is 2.09. The van der Waals surface area contributed by atoms with Crippen molar-refractivity contribution in [3.63, 3.8) is 0 Å². The summed E-state index contributed by atoms with van der Waals surface area (Å²) in [6.45, 7) is 5.35. The Hall–Kier alpha value is -1.82. The average molecular weight is 235 g/mol. The van der Waals surface area contributed by atoms with Gasteiger partial charge in [0.1, 0.15) is 11.9 Å². The van der Waals surface area contributed by atoms with E-state index in [1.807, 2.05) is 6.92 Å². The van der Waals surface area contributed by atoms with Crippen LogP contribution in [0.15, 0.2) is 22.2 Å². The third kappa shape index (κ3) is 4.28. The van der Waals surface area contributed by atoms with Crippen LogP contribution in [0.25, 0.3) is 0 Å². The van der Waals surface area contributed by atoms with E-state index in [9.17, 15) is 0 Å². The molecule has 0 fully saturated rings. The first-order chi connectivity index (χ1) is 8.02. The van der Waals surface area contributed by atoms with Gasteiger partial charge in [-0.3, -0.25) is 0 Å². The first kappa shape index (κ1) is 13.2. The van der Waals surface area contributed by atoms with Crippen molar-refractivity contribution in [3.05, 3.63) is 18.1 Å². The van der Waals surface area contributed by atoms with Crippen LogP contribution < -0.4 is 5.73 Å². The maximum atomic E-state index is 5.55. The van der Waals surface area contributed by atoms with Gasteiger partial charge in [-0.1, -0.05) is 0 Å². The summed E-state index contributed by atoms with van der Waals surface area (Å²) in [6, 6.07) is 1.71. The molecule has 0 bridgehead atoms. The topological polar surface area (TPSA) is 85.8 Å². The molecule has 0 saturated heterocycles. The molecule has 1 aromatic heterocycles. The van der Waals surface area contributed by atoms with Gasteiger partial charge < -0.3 is 10.5 Å². The third-order valence-corrected chi connectivity index (χ3v) is 2.00. The zero-order chi connectivity index (χ0) is 12.8. The molecule has 0 unspecified atom stereocenters. The van der Waals surface area contributed by atoms with Gasteiger partial charge in [0.25, 0.3) is 0 Å². The Labute approximate surface area is 101 Å². The highest BCUT2D eigenvalue weighted by Crippen LogP contribution is 2.09. The molecule has 92 valence electrons. The van der Waals surface area contributed by atoms with E-state index in [1.54, 1.807) is 33.2 Å². The quantitative estimate of drug-likeness (QED) is 0.630. The molecular weight excluding hydrogens is 218 g/mol. The number of hydrogen-bond acceptors (Lipinski definition) is 4. The van der Waals surface area contributed by atoms with E-state index in [2.05, 4.69) is 20.0 Å². The number of hydrogen-bond donors (Lipinski definition) is 1. The third-order valence-electron chi connectivity index (χ3n) is 2.00. The van der Waals surface area contributed by atoms with E-state index in [4.69, 9.17) is 10.5 Å². The molecule has 1 aromatic rings. The fourth-order valence-corrected chi connectivity index (χ4v) is 1.12. The highest BCUT2D eigenvalue weighted by atomic mass is 16.5. The predicted molar refractivity (Wildman–Crippen MR) is 67.6 cm³/mol. The molecule has 0 saturated carbocycles. The van der Waals surface area contributed by atoms with Crippen LogP contribution in [0.4, 0.5) is 5.82 Å². The SMILES string of the molecule is CO[C@@H](C)C(N=C(C)N)=Nc1ccnc(C)n1. The maximum absolute atomic E-state index is 5.55. The molecule has 1 rings (SSSR count). The van der Waals surface area contributed by atoms with Crippen LogP contribution in [0.3, 0.4) is 0 Å².